The zero-order chi connectivity index (χ0) is 23.8. The molecule has 0 aliphatic carbocycles. The first kappa shape index (κ1) is 23.1. The van der Waals surface area contributed by atoms with Gasteiger partial charge in [-0.15, -0.1) is 21.5 Å². The predicted molar refractivity (Wildman–Crippen MR) is 135 cm³/mol. The van der Waals surface area contributed by atoms with Gasteiger partial charge < -0.3 is 14.5 Å². The summed E-state index contributed by atoms with van der Waals surface area (Å²) >= 11 is 3.10. The molecule has 34 heavy (non-hydrogen) atoms. The van der Waals surface area contributed by atoms with Crippen LogP contribution in [0.2, 0.25) is 0 Å². The Balaban J connectivity index is 1.48. The maximum absolute atomic E-state index is 12.8. The highest BCUT2D eigenvalue weighted by molar-refractivity contribution is 7.99. The largest absolute Gasteiger partial charge is 0.497 e. The SMILES string of the molecule is COc1ccc(-c2nnc(SC(C)c3nc4sc(C)c(C)c4c(=O)[nH]3)n2CC2CCCO2)cc1. The number of rotatable bonds is 7. The van der Waals surface area contributed by atoms with Crippen molar-refractivity contribution >= 4 is 33.3 Å². The minimum atomic E-state index is -0.115. The van der Waals surface area contributed by atoms with E-state index in [0.717, 1.165) is 57.0 Å². The van der Waals surface area contributed by atoms with Crippen LogP contribution in [0.25, 0.3) is 21.6 Å². The monoisotopic (exact) mass is 497 g/mol. The number of thiophene rings is 1. The highest BCUT2D eigenvalue weighted by Gasteiger charge is 2.24. The summed E-state index contributed by atoms with van der Waals surface area (Å²) in [4.78, 5) is 22.4. The number of methoxy groups -OCH3 is 1. The first-order valence-electron chi connectivity index (χ1n) is 11.3. The number of benzene rings is 1. The fourth-order valence-corrected chi connectivity index (χ4v) is 6.12. The van der Waals surface area contributed by atoms with Gasteiger partial charge in [0.15, 0.2) is 11.0 Å². The van der Waals surface area contributed by atoms with Crippen molar-refractivity contribution in [1.29, 1.82) is 0 Å². The molecule has 0 spiro atoms. The number of aryl methyl sites for hydroxylation is 2. The minimum Gasteiger partial charge on any atom is -0.497 e. The zero-order valence-electron chi connectivity index (χ0n) is 19.6. The molecule has 5 rings (SSSR count). The van der Waals surface area contributed by atoms with Gasteiger partial charge in [-0.1, -0.05) is 11.8 Å². The Labute approximate surface area is 205 Å². The third-order valence-electron chi connectivity index (χ3n) is 6.20. The van der Waals surface area contributed by atoms with Crippen molar-refractivity contribution in [3.63, 3.8) is 0 Å². The molecule has 4 heterocycles. The number of nitrogens with zero attached hydrogens (tertiary/aromatic N) is 4. The minimum absolute atomic E-state index is 0.0888. The number of fused-ring (bicyclic) bond motifs is 1. The van der Waals surface area contributed by atoms with Crippen LogP contribution >= 0.6 is 23.1 Å². The molecule has 1 fully saturated rings. The third kappa shape index (κ3) is 4.37. The topological polar surface area (TPSA) is 94.9 Å². The molecule has 8 nitrogen and oxygen atoms in total. The summed E-state index contributed by atoms with van der Waals surface area (Å²) in [7, 11) is 1.65. The maximum Gasteiger partial charge on any atom is 0.259 e. The van der Waals surface area contributed by atoms with E-state index in [4.69, 9.17) is 14.5 Å². The molecule has 0 amide bonds. The molecule has 1 aromatic carbocycles. The van der Waals surface area contributed by atoms with E-state index in [9.17, 15) is 4.79 Å². The van der Waals surface area contributed by atoms with Crippen molar-refractivity contribution < 1.29 is 9.47 Å². The normalized spacial score (nSPS) is 16.9. The molecule has 1 aliphatic rings. The lowest BCUT2D eigenvalue weighted by Gasteiger charge is -2.16. The Kier molecular flexibility index (Phi) is 6.46. The maximum atomic E-state index is 12.8. The van der Waals surface area contributed by atoms with Gasteiger partial charge in [-0.2, -0.15) is 0 Å². The molecule has 2 atom stereocenters. The lowest BCUT2D eigenvalue weighted by molar-refractivity contribution is 0.0953. The molecule has 178 valence electrons. The highest BCUT2D eigenvalue weighted by atomic mass is 32.2. The standard InChI is InChI=1S/C24H27N5O3S2/c1-13-14(2)33-23-19(13)22(30)25-20(26-23)15(3)34-24-28-27-21(16-7-9-17(31-4)10-8-16)29(24)12-18-6-5-11-32-18/h7-10,15,18H,5-6,11-12H2,1-4H3,(H,25,26,30). The van der Waals surface area contributed by atoms with Gasteiger partial charge in [0.25, 0.3) is 5.56 Å². The van der Waals surface area contributed by atoms with E-state index in [1.54, 1.807) is 18.4 Å². The second-order valence-corrected chi connectivity index (χ2v) is 11.0. The second kappa shape index (κ2) is 9.52. The molecule has 10 heteroatoms. The molecule has 1 saturated heterocycles. The average Bonchev–Trinajstić information content (AvgIpc) is 3.55. The number of ether oxygens (including phenoxy) is 2. The highest BCUT2D eigenvalue weighted by Crippen LogP contribution is 2.36. The van der Waals surface area contributed by atoms with Gasteiger partial charge >= 0.3 is 0 Å². The van der Waals surface area contributed by atoms with Crippen molar-refractivity contribution in [3.8, 4) is 17.1 Å². The Bertz CT molecular complexity index is 1370. The number of aromatic nitrogens is 5. The summed E-state index contributed by atoms with van der Waals surface area (Å²) in [6, 6.07) is 7.82. The Morgan fingerprint density at radius 3 is 2.79 bits per heavy atom. The Morgan fingerprint density at radius 1 is 1.29 bits per heavy atom. The summed E-state index contributed by atoms with van der Waals surface area (Å²) < 4.78 is 13.3. The molecule has 0 saturated carbocycles. The Hall–Kier alpha value is -2.69. The summed E-state index contributed by atoms with van der Waals surface area (Å²) in [5.74, 6) is 2.22. The summed E-state index contributed by atoms with van der Waals surface area (Å²) in [6.07, 6.45) is 2.21. The van der Waals surface area contributed by atoms with Crippen molar-refractivity contribution in [3.05, 3.63) is 50.9 Å². The van der Waals surface area contributed by atoms with Gasteiger partial charge in [0, 0.05) is 17.0 Å². The van der Waals surface area contributed by atoms with Crippen molar-refractivity contribution in [2.75, 3.05) is 13.7 Å². The number of aromatic amines is 1. The molecule has 1 N–H and O–H groups in total. The van der Waals surface area contributed by atoms with Gasteiger partial charge in [-0.25, -0.2) is 4.98 Å². The Morgan fingerprint density at radius 2 is 2.09 bits per heavy atom. The van der Waals surface area contributed by atoms with Crippen LogP contribution in [-0.4, -0.2) is 44.6 Å². The van der Waals surface area contributed by atoms with E-state index in [1.807, 2.05) is 45.0 Å². The molecule has 4 aromatic rings. The number of hydrogen-bond donors (Lipinski definition) is 1. The van der Waals surface area contributed by atoms with E-state index in [0.29, 0.717) is 17.8 Å². The summed E-state index contributed by atoms with van der Waals surface area (Å²) in [5.41, 5.74) is 1.87. The number of nitrogens with one attached hydrogen (secondary N) is 1. The van der Waals surface area contributed by atoms with Gasteiger partial charge in [-0.3, -0.25) is 9.36 Å². The average molecular weight is 498 g/mol. The van der Waals surface area contributed by atoms with Crippen LogP contribution in [-0.2, 0) is 11.3 Å². The molecular formula is C24H27N5O3S2. The predicted octanol–water partition coefficient (Wildman–Crippen LogP) is 4.90. The molecule has 2 unspecified atom stereocenters. The number of H-pyrrole nitrogens is 1. The van der Waals surface area contributed by atoms with Crippen molar-refractivity contribution in [2.24, 2.45) is 0 Å². The van der Waals surface area contributed by atoms with E-state index in [2.05, 4.69) is 19.7 Å². The lowest BCUT2D eigenvalue weighted by Crippen LogP contribution is -2.17. The first-order chi connectivity index (χ1) is 16.4. The van der Waals surface area contributed by atoms with E-state index < -0.39 is 0 Å². The van der Waals surface area contributed by atoms with Crippen molar-refractivity contribution in [2.45, 2.75) is 56.7 Å². The molecule has 1 aliphatic heterocycles. The van der Waals surface area contributed by atoms with E-state index in [-0.39, 0.29) is 16.9 Å². The van der Waals surface area contributed by atoms with E-state index in [1.165, 1.54) is 11.8 Å². The molecule has 0 radical (unpaired) electrons. The van der Waals surface area contributed by atoms with Gasteiger partial charge in [0.2, 0.25) is 0 Å². The second-order valence-electron chi connectivity index (χ2n) is 8.45. The van der Waals surface area contributed by atoms with Gasteiger partial charge in [0.1, 0.15) is 16.4 Å². The van der Waals surface area contributed by atoms with Gasteiger partial charge in [-0.05, 0) is 63.4 Å². The van der Waals surface area contributed by atoms with E-state index >= 15 is 0 Å². The quantitative estimate of drug-likeness (QED) is 0.363. The van der Waals surface area contributed by atoms with Crippen LogP contribution in [0.15, 0.2) is 34.2 Å². The molecule has 0 bridgehead atoms. The van der Waals surface area contributed by atoms with Crippen molar-refractivity contribution in [1.82, 2.24) is 24.7 Å². The lowest BCUT2D eigenvalue weighted by atomic mass is 10.2. The summed E-state index contributed by atoms with van der Waals surface area (Å²) in [5, 5.41) is 10.4. The van der Waals surface area contributed by atoms with Crippen LogP contribution in [0.1, 0.15) is 41.3 Å². The van der Waals surface area contributed by atoms with Crippen LogP contribution in [0, 0.1) is 13.8 Å². The number of hydrogen-bond acceptors (Lipinski definition) is 8. The first-order valence-corrected chi connectivity index (χ1v) is 13.0. The van der Waals surface area contributed by atoms with Crippen LogP contribution in [0.5, 0.6) is 5.75 Å². The zero-order valence-corrected chi connectivity index (χ0v) is 21.3. The fraction of sp³-hybridized carbons (Fsp3) is 0.417. The molecular weight excluding hydrogens is 470 g/mol. The third-order valence-corrected chi connectivity index (χ3v) is 8.39. The van der Waals surface area contributed by atoms with Gasteiger partial charge in [0.05, 0.1) is 30.4 Å². The molecule has 3 aromatic heterocycles. The smallest absolute Gasteiger partial charge is 0.259 e. The van der Waals surface area contributed by atoms with Crippen LogP contribution < -0.4 is 10.3 Å². The van der Waals surface area contributed by atoms with Crippen LogP contribution in [0.4, 0.5) is 0 Å². The summed E-state index contributed by atoms with van der Waals surface area (Å²) in [6.45, 7) is 7.48. The van der Waals surface area contributed by atoms with Crippen LogP contribution in [0.3, 0.4) is 0 Å². The fourth-order valence-electron chi connectivity index (χ4n) is 4.16. The number of thioether (sulfide) groups is 1.